The highest BCUT2D eigenvalue weighted by molar-refractivity contribution is 6.35. The molecule has 1 aliphatic rings. The number of piperazine rings is 1. The Bertz CT molecular complexity index is 974. The lowest BCUT2D eigenvalue weighted by molar-refractivity contribution is 0.0663. The van der Waals surface area contributed by atoms with E-state index in [0.717, 1.165) is 43.0 Å². The molecule has 1 saturated heterocycles. The van der Waals surface area contributed by atoms with Crippen LogP contribution in [0, 0.1) is 0 Å². The molecule has 0 unspecified atom stereocenters. The van der Waals surface area contributed by atoms with Crippen molar-refractivity contribution in [3.05, 3.63) is 70.7 Å². The van der Waals surface area contributed by atoms with E-state index in [2.05, 4.69) is 21.9 Å². The van der Waals surface area contributed by atoms with Crippen molar-refractivity contribution in [1.29, 1.82) is 0 Å². The highest BCUT2D eigenvalue weighted by Crippen LogP contribution is 2.29. The molecule has 0 aromatic heterocycles. The van der Waals surface area contributed by atoms with Gasteiger partial charge in [0.1, 0.15) is 18.5 Å². The van der Waals surface area contributed by atoms with E-state index in [0.29, 0.717) is 16.6 Å². The molecule has 0 spiro atoms. The topological polar surface area (TPSA) is 35.9 Å². The predicted octanol–water partition coefficient (Wildman–Crippen LogP) is 4.71. The minimum Gasteiger partial charge on any atom is -0.491 e. The fraction of sp³-hybridized carbons (Fsp3) is 0.304. The number of fused-ring (bicyclic) bond motifs is 1. The van der Waals surface area contributed by atoms with Gasteiger partial charge in [-0.2, -0.15) is 0 Å². The lowest BCUT2D eigenvalue weighted by atomic mass is 10.1. The number of aliphatic hydroxyl groups excluding tert-OH is 1. The van der Waals surface area contributed by atoms with Gasteiger partial charge in [-0.3, -0.25) is 4.90 Å². The lowest BCUT2D eigenvalue weighted by Gasteiger charge is -2.37. The van der Waals surface area contributed by atoms with Gasteiger partial charge in [0.05, 0.1) is 10.7 Å². The summed E-state index contributed by atoms with van der Waals surface area (Å²) >= 11 is 12.4. The van der Waals surface area contributed by atoms with E-state index in [9.17, 15) is 5.11 Å². The Morgan fingerprint density at radius 2 is 1.66 bits per heavy atom. The lowest BCUT2D eigenvalue weighted by Crippen LogP contribution is -2.49. The number of hydrogen-bond acceptors (Lipinski definition) is 4. The molecule has 1 atom stereocenters. The molecular formula is C23H24Cl2N2O2. The zero-order valence-electron chi connectivity index (χ0n) is 16.1. The Morgan fingerprint density at radius 1 is 0.897 bits per heavy atom. The van der Waals surface area contributed by atoms with Gasteiger partial charge in [-0.1, -0.05) is 53.5 Å². The van der Waals surface area contributed by atoms with Gasteiger partial charge < -0.3 is 14.7 Å². The second-order valence-corrected chi connectivity index (χ2v) is 8.20. The van der Waals surface area contributed by atoms with Crippen LogP contribution in [0.3, 0.4) is 0 Å². The van der Waals surface area contributed by atoms with Crippen LogP contribution in [0.2, 0.25) is 10.0 Å². The van der Waals surface area contributed by atoms with Crippen molar-refractivity contribution < 1.29 is 9.84 Å². The van der Waals surface area contributed by atoms with Crippen molar-refractivity contribution >= 4 is 39.7 Å². The van der Waals surface area contributed by atoms with Crippen molar-refractivity contribution in [2.75, 3.05) is 44.2 Å². The third-order valence-corrected chi connectivity index (χ3v) is 5.81. The molecule has 6 heteroatoms. The third kappa shape index (κ3) is 5.14. The van der Waals surface area contributed by atoms with Gasteiger partial charge in [-0.05, 0) is 41.1 Å². The molecule has 4 rings (SSSR count). The zero-order valence-corrected chi connectivity index (χ0v) is 17.6. The molecule has 4 nitrogen and oxygen atoms in total. The molecule has 0 radical (unpaired) electrons. The summed E-state index contributed by atoms with van der Waals surface area (Å²) in [6, 6.07) is 19.7. The second kappa shape index (κ2) is 9.23. The highest BCUT2D eigenvalue weighted by atomic mass is 35.5. The number of benzene rings is 3. The van der Waals surface area contributed by atoms with Gasteiger partial charge in [0.15, 0.2) is 0 Å². The summed E-state index contributed by atoms with van der Waals surface area (Å²) in [5, 5.41) is 14.1. The summed E-state index contributed by atoms with van der Waals surface area (Å²) in [7, 11) is 0. The van der Waals surface area contributed by atoms with Gasteiger partial charge in [-0.25, -0.2) is 0 Å². The van der Waals surface area contributed by atoms with E-state index in [4.69, 9.17) is 27.9 Å². The molecule has 0 bridgehead atoms. The first kappa shape index (κ1) is 20.3. The van der Waals surface area contributed by atoms with Crippen LogP contribution in [-0.4, -0.2) is 55.4 Å². The van der Waals surface area contributed by atoms with Crippen molar-refractivity contribution in [2.45, 2.75) is 6.10 Å². The van der Waals surface area contributed by atoms with Crippen LogP contribution in [0.15, 0.2) is 60.7 Å². The van der Waals surface area contributed by atoms with Crippen molar-refractivity contribution in [3.63, 3.8) is 0 Å². The fourth-order valence-electron chi connectivity index (χ4n) is 3.70. The fourth-order valence-corrected chi connectivity index (χ4v) is 4.10. The zero-order chi connectivity index (χ0) is 20.2. The highest BCUT2D eigenvalue weighted by Gasteiger charge is 2.21. The molecule has 0 amide bonds. The SMILES string of the molecule is O[C@H](COc1ccc2ccccc2c1)CN1CCN(c2cc(Cl)ccc2Cl)CC1. The molecule has 152 valence electrons. The quantitative estimate of drug-likeness (QED) is 0.614. The molecule has 1 heterocycles. The normalized spacial score (nSPS) is 16.2. The van der Waals surface area contributed by atoms with Gasteiger partial charge in [0.2, 0.25) is 0 Å². The Hall–Kier alpha value is -1.98. The number of anilines is 1. The first-order valence-corrected chi connectivity index (χ1v) is 10.6. The largest absolute Gasteiger partial charge is 0.491 e. The van der Waals surface area contributed by atoms with Crippen LogP contribution in [0.5, 0.6) is 5.75 Å². The molecule has 1 N–H and O–H groups in total. The Kier molecular flexibility index (Phi) is 6.46. The van der Waals surface area contributed by atoms with E-state index >= 15 is 0 Å². The van der Waals surface area contributed by atoms with E-state index in [1.807, 2.05) is 42.5 Å². The Morgan fingerprint density at radius 3 is 2.45 bits per heavy atom. The average molecular weight is 431 g/mol. The van der Waals surface area contributed by atoms with Crippen LogP contribution in [0.1, 0.15) is 0 Å². The van der Waals surface area contributed by atoms with Crippen LogP contribution < -0.4 is 9.64 Å². The van der Waals surface area contributed by atoms with Crippen molar-refractivity contribution in [3.8, 4) is 5.75 Å². The molecule has 1 aliphatic heterocycles. The molecule has 1 fully saturated rings. The van der Waals surface area contributed by atoms with E-state index in [1.54, 1.807) is 6.07 Å². The minimum atomic E-state index is -0.539. The maximum absolute atomic E-state index is 10.4. The van der Waals surface area contributed by atoms with Crippen LogP contribution in [0.4, 0.5) is 5.69 Å². The molecule has 3 aromatic rings. The van der Waals surface area contributed by atoms with Gasteiger partial charge in [0, 0.05) is 37.7 Å². The van der Waals surface area contributed by atoms with E-state index in [-0.39, 0.29) is 6.61 Å². The number of nitrogens with zero attached hydrogens (tertiary/aromatic N) is 2. The summed E-state index contributed by atoms with van der Waals surface area (Å²) in [4.78, 5) is 4.49. The monoisotopic (exact) mass is 430 g/mol. The first-order chi connectivity index (χ1) is 14.1. The number of halogens is 2. The molecular weight excluding hydrogens is 407 g/mol. The smallest absolute Gasteiger partial charge is 0.120 e. The molecule has 29 heavy (non-hydrogen) atoms. The van der Waals surface area contributed by atoms with Crippen LogP contribution in [0.25, 0.3) is 10.8 Å². The Labute approximate surface area is 181 Å². The van der Waals surface area contributed by atoms with Crippen molar-refractivity contribution in [1.82, 2.24) is 4.90 Å². The molecule has 0 aliphatic carbocycles. The van der Waals surface area contributed by atoms with Crippen LogP contribution in [-0.2, 0) is 0 Å². The summed E-state index contributed by atoms with van der Waals surface area (Å²) in [6.45, 7) is 4.27. The number of rotatable bonds is 6. The number of β-amino-alcohol motifs (C(OH)–C–C–N with tert-alkyl or cyclic N) is 1. The van der Waals surface area contributed by atoms with Gasteiger partial charge >= 0.3 is 0 Å². The maximum atomic E-state index is 10.4. The summed E-state index contributed by atoms with van der Waals surface area (Å²) < 4.78 is 5.82. The predicted molar refractivity (Wildman–Crippen MR) is 121 cm³/mol. The maximum Gasteiger partial charge on any atom is 0.120 e. The summed E-state index contributed by atoms with van der Waals surface area (Å²) in [5.74, 6) is 0.781. The molecule has 3 aromatic carbocycles. The average Bonchev–Trinajstić information content (AvgIpc) is 2.74. The van der Waals surface area contributed by atoms with Crippen LogP contribution >= 0.6 is 23.2 Å². The number of aliphatic hydroxyl groups is 1. The minimum absolute atomic E-state index is 0.276. The van der Waals surface area contributed by atoms with Gasteiger partial charge in [0.25, 0.3) is 0 Å². The number of hydrogen-bond donors (Lipinski definition) is 1. The second-order valence-electron chi connectivity index (χ2n) is 7.36. The number of ether oxygens (including phenoxy) is 1. The van der Waals surface area contributed by atoms with Gasteiger partial charge in [-0.15, -0.1) is 0 Å². The summed E-state index contributed by atoms with van der Waals surface area (Å²) in [5.41, 5.74) is 0.971. The Balaban J connectivity index is 1.26. The van der Waals surface area contributed by atoms with E-state index in [1.165, 1.54) is 5.39 Å². The summed E-state index contributed by atoms with van der Waals surface area (Å²) in [6.07, 6.45) is -0.539. The van der Waals surface area contributed by atoms with Crippen molar-refractivity contribution in [2.24, 2.45) is 0 Å². The standard InChI is InChI=1S/C23H24Cl2N2O2/c24-19-6-8-22(25)23(14-19)27-11-9-26(10-12-27)15-20(28)16-29-21-7-5-17-3-1-2-4-18(17)13-21/h1-8,13-14,20,28H,9-12,15-16H2/t20-/m0/s1. The molecule has 0 saturated carbocycles. The third-order valence-electron chi connectivity index (χ3n) is 5.25. The van der Waals surface area contributed by atoms with E-state index < -0.39 is 6.10 Å². The first-order valence-electron chi connectivity index (χ1n) is 9.80.